The van der Waals surface area contributed by atoms with Crippen LogP contribution in [0.4, 0.5) is 4.39 Å². The molecule has 246 valence electrons. The number of methoxy groups -OCH3 is 1. The fourth-order valence-electron chi connectivity index (χ4n) is 5.70. The number of carbonyl (C=O) groups excluding carboxylic acids is 2. The summed E-state index contributed by atoms with van der Waals surface area (Å²) in [6.45, 7) is 8.28. The van der Waals surface area contributed by atoms with E-state index < -0.39 is 22.7 Å². The Kier molecular flexibility index (Phi) is 10.2. The van der Waals surface area contributed by atoms with Gasteiger partial charge in [-0.05, 0) is 88.2 Å². The minimum atomic E-state index is -1.56. The molecule has 0 unspecified atom stereocenters. The minimum absolute atomic E-state index is 0.00608. The summed E-state index contributed by atoms with van der Waals surface area (Å²) in [6.07, 6.45) is 1.95. The van der Waals surface area contributed by atoms with E-state index in [1.54, 1.807) is 50.2 Å². The second-order valence-corrected chi connectivity index (χ2v) is 12.3. The van der Waals surface area contributed by atoms with Gasteiger partial charge in [0.1, 0.15) is 34.9 Å². The highest BCUT2D eigenvalue weighted by atomic mass is 19.1. The van der Waals surface area contributed by atoms with Gasteiger partial charge in [0.05, 0.1) is 32.6 Å². The zero-order valence-electron chi connectivity index (χ0n) is 26.6. The standard InChI is InChI=1S/C35H42FN3O7/c1-34(33(37)41)22-46-32-26(34)21-30(38-31(32)23-6-9-25(36)10-7-23)35(2,42)13-12-27(40)24-8-11-28(29(20-24)43-3)45-17-5-4-14-39-15-18-44-19-16-39/h6-11,20-21,42H,4-5,12-19,22H2,1-3H3,(H2,37,41)/t34-,35-/m0/s1. The molecule has 1 fully saturated rings. The zero-order chi connectivity index (χ0) is 32.9. The van der Waals surface area contributed by atoms with Gasteiger partial charge in [-0.25, -0.2) is 9.37 Å². The summed E-state index contributed by atoms with van der Waals surface area (Å²) in [7, 11) is 1.53. The van der Waals surface area contributed by atoms with Gasteiger partial charge in [0, 0.05) is 36.2 Å². The molecule has 46 heavy (non-hydrogen) atoms. The number of fused-ring (bicyclic) bond motifs is 1. The molecule has 2 aliphatic heterocycles. The number of rotatable bonds is 14. The number of morpholine rings is 1. The van der Waals surface area contributed by atoms with Crippen LogP contribution in [0.1, 0.15) is 61.1 Å². The third-order valence-electron chi connectivity index (χ3n) is 8.84. The predicted molar refractivity (Wildman–Crippen MR) is 170 cm³/mol. The van der Waals surface area contributed by atoms with Crippen LogP contribution in [0, 0.1) is 5.82 Å². The quantitative estimate of drug-likeness (QED) is 0.195. The lowest BCUT2D eigenvalue weighted by atomic mass is 9.81. The number of aromatic nitrogens is 1. The topological polar surface area (TPSA) is 133 Å². The van der Waals surface area contributed by atoms with E-state index >= 15 is 0 Å². The summed E-state index contributed by atoms with van der Waals surface area (Å²) in [5, 5.41) is 11.6. The van der Waals surface area contributed by atoms with Crippen molar-refractivity contribution in [2.24, 2.45) is 5.73 Å². The van der Waals surface area contributed by atoms with Crippen LogP contribution < -0.4 is 19.9 Å². The molecule has 3 heterocycles. The number of ketones is 1. The maximum Gasteiger partial charge on any atom is 0.231 e. The molecule has 0 bridgehead atoms. The first-order chi connectivity index (χ1) is 22.0. The highest BCUT2D eigenvalue weighted by Gasteiger charge is 2.45. The number of primary amides is 1. The molecule has 0 aliphatic carbocycles. The first-order valence-electron chi connectivity index (χ1n) is 15.6. The predicted octanol–water partition coefficient (Wildman–Crippen LogP) is 4.39. The molecule has 0 saturated carbocycles. The molecule has 1 aromatic heterocycles. The second kappa shape index (κ2) is 14.1. The van der Waals surface area contributed by atoms with Gasteiger partial charge in [0.25, 0.3) is 0 Å². The lowest BCUT2D eigenvalue weighted by Crippen LogP contribution is -2.40. The maximum absolute atomic E-state index is 13.7. The molecule has 1 saturated heterocycles. The third kappa shape index (κ3) is 7.32. The summed E-state index contributed by atoms with van der Waals surface area (Å²) < 4.78 is 36.4. The van der Waals surface area contributed by atoms with Crippen LogP contribution in [0.25, 0.3) is 11.3 Å². The van der Waals surface area contributed by atoms with E-state index in [2.05, 4.69) is 4.90 Å². The first kappa shape index (κ1) is 33.3. The van der Waals surface area contributed by atoms with Crippen LogP contribution in [0.3, 0.4) is 0 Å². The number of Topliss-reactive ketones (excluding diaryl/α,β-unsaturated/α-hetero) is 1. The number of halogens is 1. The zero-order valence-corrected chi connectivity index (χ0v) is 26.6. The second-order valence-electron chi connectivity index (χ2n) is 12.3. The molecule has 2 aromatic carbocycles. The SMILES string of the molecule is COc1cc(C(=O)CC[C@](C)(O)c2cc3c(c(-c4ccc(F)cc4)n2)OC[C@]3(C)C(N)=O)ccc1OCCCCN1CCOCC1. The van der Waals surface area contributed by atoms with Gasteiger partial charge in [-0.3, -0.25) is 14.5 Å². The maximum atomic E-state index is 13.7. The average molecular weight is 636 g/mol. The number of nitrogens with two attached hydrogens (primary N) is 1. The Hall–Kier alpha value is -4.06. The Balaban J connectivity index is 1.27. The fourth-order valence-corrected chi connectivity index (χ4v) is 5.70. The van der Waals surface area contributed by atoms with Crippen molar-refractivity contribution in [1.82, 2.24) is 9.88 Å². The van der Waals surface area contributed by atoms with Crippen molar-refractivity contribution < 1.29 is 38.0 Å². The molecule has 2 atom stereocenters. The van der Waals surface area contributed by atoms with Gasteiger partial charge in [-0.15, -0.1) is 0 Å². The summed E-state index contributed by atoms with van der Waals surface area (Å²) in [6, 6.07) is 12.4. The molecule has 11 heteroatoms. The van der Waals surface area contributed by atoms with Crippen LogP contribution in [0.15, 0.2) is 48.5 Å². The average Bonchev–Trinajstić information content (AvgIpc) is 3.41. The van der Waals surface area contributed by atoms with Crippen molar-refractivity contribution in [3.8, 4) is 28.5 Å². The molecule has 3 aromatic rings. The Morgan fingerprint density at radius 1 is 1.11 bits per heavy atom. The Labute approximate surface area is 268 Å². The number of hydrogen-bond acceptors (Lipinski definition) is 9. The van der Waals surface area contributed by atoms with Crippen LogP contribution >= 0.6 is 0 Å². The monoisotopic (exact) mass is 635 g/mol. The third-order valence-corrected chi connectivity index (χ3v) is 8.84. The Morgan fingerprint density at radius 3 is 2.54 bits per heavy atom. The number of amides is 1. The van der Waals surface area contributed by atoms with Crippen LogP contribution in [-0.4, -0.2) is 79.9 Å². The lowest BCUT2D eigenvalue weighted by molar-refractivity contribution is -0.123. The number of nitrogens with zero attached hydrogens (tertiary/aromatic N) is 2. The minimum Gasteiger partial charge on any atom is -0.493 e. The number of benzene rings is 2. The van der Waals surface area contributed by atoms with E-state index in [9.17, 15) is 19.1 Å². The van der Waals surface area contributed by atoms with E-state index in [1.807, 2.05) is 0 Å². The van der Waals surface area contributed by atoms with E-state index in [4.69, 9.17) is 29.7 Å². The van der Waals surface area contributed by atoms with Gasteiger partial charge in [0.2, 0.25) is 5.91 Å². The summed E-state index contributed by atoms with van der Waals surface area (Å²) in [5.41, 5.74) is 5.10. The molecule has 5 rings (SSSR count). The van der Waals surface area contributed by atoms with Gasteiger partial charge in [-0.1, -0.05) is 0 Å². The first-order valence-corrected chi connectivity index (χ1v) is 15.6. The lowest BCUT2D eigenvalue weighted by Gasteiger charge is -2.26. The van der Waals surface area contributed by atoms with E-state index in [1.165, 1.54) is 19.2 Å². The smallest absolute Gasteiger partial charge is 0.231 e. The van der Waals surface area contributed by atoms with Crippen molar-refractivity contribution in [3.63, 3.8) is 0 Å². The van der Waals surface area contributed by atoms with Crippen LogP contribution in [0.2, 0.25) is 0 Å². The van der Waals surface area contributed by atoms with Crippen molar-refractivity contribution in [2.75, 3.05) is 53.2 Å². The summed E-state index contributed by atoms with van der Waals surface area (Å²) >= 11 is 0. The highest BCUT2D eigenvalue weighted by Crippen LogP contribution is 2.46. The van der Waals surface area contributed by atoms with Crippen molar-refractivity contribution in [3.05, 3.63) is 71.2 Å². The van der Waals surface area contributed by atoms with E-state index in [0.29, 0.717) is 46.2 Å². The molecule has 0 radical (unpaired) electrons. The number of unbranched alkanes of at least 4 members (excludes halogenated alkanes) is 1. The molecule has 10 nitrogen and oxygen atoms in total. The molecule has 2 aliphatic rings. The Bertz CT molecular complexity index is 1560. The van der Waals surface area contributed by atoms with Gasteiger partial charge < -0.3 is 29.8 Å². The van der Waals surface area contributed by atoms with E-state index in [-0.39, 0.29) is 30.9 Å². The number of carbonyl (C=O) groups is 2. The van der Waals surface area contributed by atoms with Crippen molar-refractivity contribution >= 4 is 11.7 Å². The number of hydrogen-bond donors (Lipinski definition) is 2. The number of ether oxygens (including phenoxy) is 4. The van der Waals surface area contributed by atoms with E-state index in [0.717, 1.165) is 45.7 Å². The Morgan fingerprint density at radius 2 is 1.85 bits per heavy atom. The number of pyridine rings is 1. The summed E-state index contributed by atoms with van der Waals surface area (Å²) in [4.78, 5) is 32.8. The molecule has 1 amide bonds. The highest BCUT2D eigenvalue weighted by molar-refractivity contribution is 5.96. The molecule has 3 N–H and O–H groups in total. The summed E-state index contributed by atoms with van der Waals surface area (Å²) in [5.74, 6) is 0.183. The van der Waals surface area contributed by atoms with Gasteiger partial charge in [-0.2, -0.15) is 0 Å². The molecular formula is C35H42FN3O7. The fraction of sp³-hybridized carbons (Fsp3) is 0.457. The van der Waals surface area contributed by atoms with Crippen molar-refractivity contribution in [1.29, 1.82) is 0 Å². The normalized spacial score (nSPS) is 19.2. The molecule has 0 spiro atoms. The van der Waals surface area contributed by atoms with Crippen molar-refractivity contribution in [2.45, 2.75) is 50.5 Å². The van der Waals surface area contributed by atoms with Crippen LogP contribution in [0.5, 0.6) is 17.2 Å². The van der Waals surface area contributed by atoms with Crippen LogP contribution in [-0.2, 0) is 20.5 Å². The largest absolute Gasteiger partial charge is 0.493 e. The number of aliphatic hydroxyl groups is 1. The van der Waals surface area contributed by atoms with Gasteiger partial charge in [0.15, 0.2) is 17.3 Å². The molecular weight excluding hydrogens is 593 g/mol. The van der Waals surface area contributed by atoms with Gasteiger partial charge >= 0.3 is 0 Å².